The van der Waals surface area contributed by atoms with Gasteiger partial charge in [0.2, 0.25) is 0 Å². The van der Waals surface area contributed by atoms with Crippen LogP contribution in [0, 0.1) is 0 Å². The number of nitrogens with one attached hydrogen (secondary N) is 1. The highest BCUT2D eigenvalue weighted by molar-refractivity contribution is 5.96. The van der Waals surface area contributed by atoms with Crippen molar-refractivity contribution in [1.82, 2.24) is 10.3 Å². The zero-order chi connectivity index (χ0) is 19.3. The van der Waals surface area contributed by atoms with E-state index >= 15 is 0 Å². The summed E-state index contributed by atoms with van der Waals surface area (Å²) in [6.07, 6.45) is 0.794. The molecule has 1 aromatic carbocycles. The molecule has 0 saturated carbocycles. The van der Waals surface area contributed by atoms with E-state index in [1.165, 1.54) is 6.07 Å². The number of rotatable bonds is 5. The molecule has 1 unspecified atom stereocenters. The second-order valence-corrected chi connectivity index (χ2v) is 7.12. The monoisotopic (exact) mass is 354 g/mol. The van der Waals surface area contributed by atoms with Gasteiger partial charge in [-0.15, -0.1) is 0 Å². The van der Waals surface area contributed by atoms with E-state index in [0.29, 0.717) is 11.3 Å². The third-order valence-electron chi connectivity index (χ3n) is 3.91. The van der Waals surface area contributed by atoms with Crippen molar-refractivity contribution in [3.8, 4) is 0 Å². The maximum atomic E-state index is 12.5. The summed E-state index contributed by atoms with van der Waals surface area (Å²) in [5.74, 6) is -0.809. The van der Waals surface area contributed by atoms with Crippen LogP contribution in [0.15, 0.2) is 42.5 Å². The Bertz CT molecular complexity index is 780. The third kappa shape index (κ3) is 4.91. The van der Waals surface area contributed by atoms with E-state index in [1.807, 2.05) is 51.1 Å². The van der Waals surface area contributed by atoms with Gasteiger partial charge in [-0.1, -0.05) is 37.3 Å². The number of ether oxygens (including phenoxy) is 1. The summed E-state index contributed by atoms with van der Waals surface area (Å²) in [7, 11) is 1.54. The number of carbonyl (C=O) groups excluding carboxylic acids is 2. The molecule has 0 spiro atoms. The molecule has 1 heterocycles. The van der Waals surface area contributed by atoms with E-state index in [-0.39, 0.29) is 17.5 Å². The Balaban J connectivity index is 2.52. The zero-order valence-electron chi connectivity index (χ0n) is 16.0. The van der Waals surface area contributed by atoms with Crippen molar-refractivity contribution in [2.45, 2.75) is 45.6 Å². The van der Waals surface area contributed by atoms with Crippen LogP contribution < -0.4 is 5.32 Å². The third-order valence-corrected chi connectivity index (χ3v) is 3.91. The van der Waals surface area contributed by atoms with Gasteiger partial charge in [0.25, 0.3) is 5.91 Å². The van der Waals surface area contributed by atoms with Gasteiger partial charge in [-0.2, -0.15) is 0 Å². The SMILES string of the molecule is CCC(c1ccccc1)c1cc(C(=O)OC(C)(C)C)cc(C(=O)NC)n1. The van der Waals surface area contributed by atoms with E-state index < -0.39 is 11.6 Å². The van der Waals surface area contributed by atoms with Crippen LogP contribution in [0.25, 0.3) is 0 Å². The predicted molar refractivity (Wildman–Crippen MR) is 101 cm³/mol. The molecule has 2 aromatic rings. The first-order valence-corrected chi connectivity index (χ1v) is 8.77. The van der Waals surface area contributed by atoms with Gasteiger partial charge >= 0.3 is 5.97 Å². The van der Waals surface area contributed by atoms with Crippen molar-refractivity contribution in [1.29, 1.82) is 0 Å². The number of benzene rings is 1. The Kier molecular flexibility index (Phi) is 6.14. The molecule has 26 heavy (non-hydrogen) atoms. The standard InChI is InChI=1S/C21H26N2O3/c1-6-16(14-10-8-7-9-11-14)17-12-15(20(25)26-21(2,3)4)13-18(23-17)19(24)22-5/h7-13,16H,6H2,1-5H3,(H,22,24). The average molecular weight is 354 g/mol. The highest BCUT2D eigenvalue weighted by Gasteiger charge is 2.23. The van der Waals surface area contributed by atoms with E-state index in [0.717, 1.165) is 12.0 Å². The molecule has 1 atom stereocenters. The molecule has 0 bridgehead atoms. The van der Waals surface area contributed by atoms with Crippen LogP contribution in [0.5, 0.6) is 0 Å². The predicted octanol–water partition coefficient (Wildman–Crippen LogP) is 3.94. The Hall–Kier alpha value is -2.69. The molecule has 5 nitrogen and oxygen atoms in total. The minimum Gasteiger partial charge on any atom is -0.456 e. The minimum absolute atomic E-state index is 0.0120. The Labute approximate surface area is 154 Å². The lowest BCUT2D eigenvalue weighted by molar-refractivity contribution is 0.00692. The second-order valence-electron chi connectivity index (χ2n) is 7.12. The van der Waals surface area contributed by atoms with Crippen LogP contribution in [0.2, 0.25) is 0 Å². The fraction of sp³-hybridized carbons (Fsp3) is 0.381. The highest BCUT2D eigenvalue weighted by Crippen LogP contribution is 2.28. The molecule has 0 aliphatic heterocycles. The fourth-order valence-corrected chi connectivity index (χ4v) is 2.73. The number of pyridine rings is 1. The summed E-state index contributed by atoms with van der Waals surface area (Å²) in [5, 5.41) is 2.57. The minimum atomic E-state index is -0.614. The normalized spacial score (nSPS) is 12.3. The number of esters is 1. The Morgan fingerprint density at radius 3 is 2.35 bits per heavy atom. The van der Waals surface area contributed by atoms with Crippen LogP contribution in [-0.4, -0.2) is 29.5 Å². The molecule has 0 fully saturated rings. The maximum Gasteiger partial charge on any atom is 0.338 e. The maximum absolute atomic E-state index is 12.5. The van der Waals surface area contributed by atoms with Gasteiger partial charge in [-0.05, 0) is 44.9 Å². The van der Waals surface area contributed by atoms with Gasteiger partial charge in [-0.3, -0.25) is 4.79 Å². The van der Waals surface area contributed by atoms with Crippen molar-refractivity contribution >= 4 is 11.9 Å². The van der Waals surface area contributed by atoms with Crippen molar-refractivity contribution in [3.63, 3.8) is 0 Å². The van der Waals surface area contributed by atoms with Gasteiger partial charge in [0.05, 0.1) is 5.56 Å². The molecule has 1 amide bonds. The molecule has 138 valence electrons. The summed E-state index contributed by atoms with van der Waals surface area (Å²) >= 11 is 0. The number of aromatic nitrogens is 1. The lowest BCUT2D eigenvalue weighted by Gasteiger charge is -2.21. The molecule has 1 N–H and O–H groups in total. The average Bonchev–Trinajstić information content (AvgIpc) is 2.61. The first-order valence-electron chi connectivity index (χ1n) is 8.77. The molecule has 0 radical (unpaired) electrons. The molecular weight excluding hydrogens is 328 g/mol. The number of carbonyl (C=O) groups is 2. The zero-order valence-corrected chi connectivity index (χ0v) is 16.0. The van der Waals surface area contributed by atoms with E-state index in [1.54, 1.807) is 13.1 Å². The van der Waals surface area contributed by atoms with Gasteiger partial charge in [0.15, 0.2) is 0 Å². The van der Waals surface area contributed by atoms with Gasteiger partial charge in [0.1, 0.15) is 11.3 Å². The van der Waals surface area contributed by atoms with Gasteiger partial charge < -0.3 is 10.1 Å². The number of hydrogen-bond donors (Lipinski definition) is 1. The quantitative estimate of drug-likeness (QED) is 0.826. The van der Waals surface area contributed by atoms with Crippen molar-refractivity contribution < 1.29 is 14.3 Å². The summed E-state index contributed by atoms with van der Waals surface area (Å²) in [4.78, 5) is 29.2. The molecule has 5 heteroatoms. The van der Waals surface area contributed by atoms with Gasteiger partial charge in [-0.25, -0.2) is 9.78 Å². The summed E-state index contributed by atoms with van der Waals surface area (Å²) in [6.45, 7) is 7.49. The second kappa shape index (κ2) is 8.13. The summed E-state index contributed by atoms with van der Waals surface area (Å²) in [5.41, 5.74) is 1.70. The van der Waals surface area contributed by atoms with Crippen molar-refractivity contribution in [3.05, 3.63) is 65.0 Å². The van der Waals surface area contributed by atoms with E-state index in [2.05, 4.69) is 17.2 Å². The van der Waals surface area contributed by atoms with Crippen LogP contribution in [-0.2, 0) is 4.74 Å². The van der Waals surface area contributed by atoms with Crippen LogP contribution >= 0.6 is 0 Å². The first kappa shape index (κ1) is 19.6. The largest absolute Gasteiger partial charge is 0.456 e. The topological polar surface area (TPSA) is 68.3 Å². The molecular formula is C21H26N2O3. The molecule has 0 aliphatic carbocycles. The fourth-order valence-electron chi connectivity index (χ4n) is 2.73. The van der Waals surface area contributed by atoms with Crippen LogP contribution in [0.4, 0.5) is 0 Å². The van der Waals surface area contributed by atoms with Crippen molar-refractivity contribution in [2.24, 2.45) is 0 Å². The molecule has 2 rings (SSSR count). The summed E-state index contributed by atoms with van der Waals surface area (Å²) in [6, 6.07) is 13.1. The summed E-state index contributed by atoms with van der Waals surface area (Å²) < 4.78 is 5.47. The highest BCUT2D eigenvalue weighted by atomic mass is 16.6. The molecule has 0 aliphatic rings. The van der Waals surface area contributed by atoms with E-state index in [9.17, 15) is 9.59 Å². The van der Waals surface area contributed by atoms with Crippen LogP contribution in [0.3, 0.4) is 0 Å². The lowest BCUT2D eigenvalue weighted by Crippen LogP contribution is -2.25. The van der Waals surface area contributed by atoms with E-state index in [4.69, 9.17) is 4.74 Å². The Morgan fingerprint density at radius 2 is 1.81 bits per heavy atom. The first-order chi connectivity index (χ1) is 12.2. The van der Waals surface area contributed by atoms with Crippen molar-refractivity contribution in [2.75, 3.05) is 7.05 Å². The number of hydrogen-bond acceptors (Lipinski definition) is 4. The van der Waals surface area contributed by atoms with Crippen LogP contribution in [0.1, 0.15) is 72.1 Å². The lowest BCUT2D eigenvalue weighted by atomic mass is 9.91. The smallest absolute Gasteiger partial charge is 0.338 e. The number of nitrogens with zero attached hydrogens (tertiary/aromatic N) is 1. The van der Waals surface area contributed by atoms with Gasteiger partial charge in [0, 0.05) is 18.7 Å². The Morgan fingerprint density at radius 1 is 1.15 bits per heavy atom. The molecule has 1 aromatic heterocycles. The number of amides is 1. The molecule has 0 saturated heterocycles.